The van der Waals surface area contributed by atoms with Crippen molar-refractivity contribution in [1.82, 2.24) is 5.32 Å². The van der Waals surface area contributed by atoms with Crippen molar-refractivity contribution >= 4 is 11.3 Å². The second kappa shape index (κ2) is 8.20. The van der Waals surface area contributed by atoms with E-state index in [1.165, 1.54) is 11.1 Å². The lowest BCUT2D eigenvalue weighted by molar-refractivity contribution is 0.242. The third-order valence-electron chi connectivity index (χ3n) is 3.31. The van der Waals surface area contributed by atoms with Crippen LogP contribution in [0.25, 0.3) is 0 Å². The van der Waals surface area contributed by atoms with Crippen LogP contribution < -0.4 is 10.1 Å². The zero-order chi connectivity index (χ0) is 15.1. The Labute approximate surface area is 132 Å². The Hall–Kier alpha value is -1.32. The Morgan fingerprint density at radius 1 is 1.14 bits per heavy atom. The lowest BCUT2D eigenvalue weighted by Crippen LogP contribution is -2.24. The molecular formula is C18H25NOS. The number of hydrogen-bond donors (Lipinski definition) is 1. The van der Waals surface area contributed by atoms with Gasteiger partial charge in [0.05, 0.1) is 6.10 Å². The zero-order valence-corrected chi connectivity index (χ0v) is 14.0. The lowest BCUT2D eigenvalue weighted by atomic mass is 10.0. The number of nitrogens with one attached hydrogen (secondary N) is 1. The molecular weight excluding hydrogens is 278 g/mol. The summed E-state index contributed by atoms with van der Waals surface area (Å²) >= 11 is 1.76. The molecule has 1 atom stereocenters. The Bertz CT molecular complexity index is 505. The first-order chi connectivity index (χ1) is 10.2. The second-order valence-corrected chi connectivity index (χ2v) is 6.36. The number of ether oxygens (including phenoxy) is 1. The van der Waals surface area contributed by atoms with Crippen molar-refractivity contribution in [1.29, 1.82) is 0 Å². The van der Waals surface area contributed by atoms with E-state index >= 15 is 0 Å². The molecule has 2 aromatic rings. The van der Waals surface area contributed by atoms with Crippen molar-refractivity contribution in [2.24, 2.45) is 0 Å². The van der Waals surface area contributed by atoms with Gasteiger partial charge in [0, 0.05) is 6.04 Å². The summed E-state index contributed by atoms with van der Waals surface area (Å²) in [7, 11) is 0. The summed E-state index contributed by atoms with van der Waals surface area (Å²) in [5.41, 5.74) is 2.72. The van der Waals surface area contributed by atoms with Gasteiger partial charge >= 0.3 is 0 Å². The van der Waals surface area contributed by atoms with E-state index in [0.29, 0.717) is 6.04 Å². The molecule has 1 heterocycles. The molecule has 0 aliphatic carbocycles. The van der Waals surface area contributed by atoms with Gasteiger partial charge < -0.3 is 10.1 Å². The SMILES string of the molecule is CCCNC(Cc1ccsc1)c1ccc(OC(C)C)cc1. The zero-order valence-electron chi connectivity index (χ0n) is 13.1. The molecule has 2 rings (SSSR count). The summed E-state index contributed by atoms with van der Waals surface area (Å²) < 4.78 is 5.72. The Morgan fingerprint density at radius 3 is 2.48 bits per heavy atom. The minimum absolute atomic E-state index is 0.218. The third kappa shape index (κ3) is 5.18. The van der Waals surface area contributed by atoms with Crippen molar-refractivity contribution < 1.29 is 4.74 Å². The van der Waals surface area contributed by atoms with Crippen LogP contribution >= 0.6 is 11.3 Å². The fourth-order valence-electron chi connectivity index (χ4n) is 2.32. The highest BCUT2D eigenvalue weighted by Crippen LogP contribution is 2.23. The van der Waals surface area contributed by atoms with Crippen LogP contribution in [0.1, 0.15) is 44.4 Å². The highest BCUT2D eigenvalue weighted by atomic mass is 32.1. The second-order valence-electron chi connectivity index (χ2n) is 5.58. The van der Waals surface area contributed by atoms with Crippen LogP contribution in [-0.2, 0) is 6.42 Å². The monoisotopic (exact) mass is 303 g/mol. The van der Waals surface area contributed by atoms with Crippen LogP contribution in [0.15, 0.2) is 41.1 Å². The van der Waals surface area contributed by atoms with Crippen molar-refractivity contribution in [2.45, 2.75) is 45.8 Å². The van der Waals surface area contributed by atoms with Gasteiger partial charge in [0.1, 0.15) is 5.75 Å². The van der Waals surface area contributed by atoms with Gasteiger partial charge in [-0.2, -0.15) is 11.3 Å². The van der Waals surface area contributed by atoms with E-state index in [1.807, 2.05) is 0 Å². The van der Waals surface area contributed by atoms with Gasteiger partial charge in [0.2, 0.25) is 0 Å². The van der Waals surface area contributed by atoms with E-state index in [4.69, 9.17) is 4.74 Å². The molecule has 0 radical (unpaired) electrons. The third-order valence-corrected chi connectivity index (χ3v) is 4.05. The average Bonchev–Trinajstić information content (AvgIpc) is 2.97. The highest BCUT2D eigenvalue weighted by molar-refractivity contribution is 7.07. The molecule has 0 aliphatic heterocycles. The van der Waals surface area contributed by atoms with Gasteiger partial charge in [-0.15, -0.1) is 0 Å². The largest absolute Gasteiger partial charge is 0.491 e. The summed E-state index contributed by atoms with van der Waals surface area (Å²) in [5.74, 6) is 0.943. The predicted octanol–water partition coefficient (Wildman–Crippen LogP) is 4.82. The normalized spacial score (nSPS) is 12.6. The predicted molar refractivity (Wildman–Crippen MR) is 91.3 cm³/mol. The molecule has 0 aliphatic rings. The molecule has 1 aromatic carbocycles. The average molecular weight is 303 g/mol. The fraction of sp³-hybridized carbons (Fsp3) is 0.444. The minimum Gasteiger partial charge on any atom is -0.491 e. The van der Waals surface area contributed by atoms with Gasteiger partial charge in [-0.1, -0.05) is 19.1 Å². The maximum Gasteiger partial charge on any atom is 0.119 e. The molecule has 1 N–H and O–H groups in total. The smallest absolute Gasteiger partial charge is 0.119 e. The van der Waals surface area contributed by atoms with Crippen LogP contribution in [0.5, 0.6) is 5.75 Å². The number of thiophene rings is 1. The molecule has 0 bridgehead atoms. The van der Waals surface area contributed by atoms with Crippen LogP contribution in [0.2, 0.25) is 0 Å². The maximum atomic E-state index is 5.72. The molecule has 0 saturated carbocycles. The van der Waals surface area contributed by atoms with Gasteiger partial charge in [-0.05, 0) is 73.3 Å². The van der Waals surface area contributed by atoms with Crippen molar-refractivity contribution in [3.8, 4) is 5.75 Å². The standard InChI is InChI=1S/C18H25NOS/c1-4-10-19-18(12-15-9-11-21-13-15)16-5-7-17(8-6-16)20-14(2)3/h5-9,11,13-14,18-19H,4,10,12H2,1-3H3. The quantitative estimate of drug-likeness (QED) is 0.755. The molecule has 3 heteroatoms. The molecule has 0 saturated heterocycles. The van der Waals surface area contributed by atoms with Gasteiger partial charge in [-0.25, -0.2) is 0 Å². The van der Waals surface area contributed by atoms with Crippen molar-refractivity contribution in [2.75, 3.05) is 6.54 Å². The number of hydrogen-bond acceptors (Lipinski definition) is 3. The van der Waals surface area contributed by atoms with E-state index < -0.39 is 0 Å². The van der Waals surface area contributed by atoms with Crippen LogP contribution in [-0.4, -0.2) is 12.6 Å². The Morgan fingerprint density at radius 2 is 1.90 bits per heavy atom. The summed E-state index contributed by atoms with van der Waals surface area (Å²) in [6.45, 7) is 7.35. The van der Waals surface area contributed by atoms with Crippen LogP contribution in [0.4, 0.5) is 0 Å². The summed E-state index contributed by atoms with van der Waals surface area (Å²) in [5, 5.41) is 8.03. The molecule has 21 heavy (non-hydrogen) atoms. The molecule has 1 aromatic heterocycles. The number of rotatable bonds is 8. The van der Waals surface area contributed by atoms with Crippen molar-refractivity contribution in [3.63, 3.8) is 0 Å². The fourth-order valence-corrected chi connectivity index (χ4v) is 3.00. The molecule has 0 amide bonds. The van der Waals surface area contributed by atoms with Gasteiger partial charge in [-0.3, -0.25) is 0 Å². The topological polar surface area (TPSA) is 21.3 Å². The highest BCUT2D eigenvalue weighted by Gasteiger charge is 2.12. The molecule has 1 unspecified atom stereocenters. The van der Waals surface area contributed by atoms with E-state index in [2.05, 4.69) is 67.2 Å². The summed E-state index contributed by atoms with van der Waals surface area (Å²) in [4.78, 5) is 0. The first-order valence-corrected chi connectivity index (χ1v) is 8.64. The first-order valence-electron chi connectivity index (χ1n) is 7.70. The van der Waals surface area contributed by atoms with Crippen LogP contribution in [0, 0.1) is 0 Å². The summed E-state index contributed by atoms with van der Waals surface area (Å²) in [6.07, 6.45) is 2.40. The maximum absolute atomic E-state index is 5.72. The first kappa shape index (κ1) is 16.1. The van der Waals surface area contributed by atoms with Crippen LogP contribution in [0.3, 0.4) is 0 Å². The Balaban J connectivity index is 2.08. The minimum atomic E-state index is 0.218. The Kier molecular flexibility index (Phi) is 6.27. The molecule has 0 fully saturated rings. The summed E-state index contributed by atoms with van der Waals surface area (Å²) in [6, 6.07) is 11.1. The van der Waals surface area contributed by atoms with E-state index in [9.17, 15) is 0 Å². The van der Waals surface area contributed by atoms with Gasteiger partial charge in [0.25, 0.3) is 0 Å². The lowest BCUT2D eigenvalue weighted by Gasteiger charge is -2.19. The van der Waals surface area contributed by atoms with Crippen molar-refractivity contribution in [3.05, 3.63) is 52.2 Å². The van der Waals surface area contributed by atoms with E-state index in [-0.39, 0.29) is 6.10 Å². The molecule has 2 nitrogen and oxygen atoms in total. The van der Waals surface area contributed by atoms with E-state index in [1.54, 1.807) is 11.3 Å². The van der Waals surface area contributed by atoms with Gasteiger partial charge in [0.15, 0.2) is 0 Å². The number of benzene rings is 1. The molecule has 114 valence electrons. The molecule has 0 spiro atoms. The van der Waals surface area contributed by atoms with E-state index in [0.717, 1.165) is 25.1 Å².